The summed E-state index contributed by atoms with van der Waals surface area (Å²) in [5.74, 6) is -0.0964. The minimum atomic E-state index is -3.70. The van der Waals surface area contributed by atoms with Crippen LogP contribution in [0.5, 0.6) is 0 Å². The fourth-order valence-corrected chi connectivity index (χ4v) is 1.10. The molecule has 0 fully saturated rings. The third-order valence-electron chi connectivity index (χ3n) is 1.01. The third kappa shape index (κ3) is 11.2. The summed E-state index contributed by atoms with van der Waals surface area (Å²) in [6.07, 6.45) is 2.39. The van der Waals surface area contributed by atoms with Gasteiger partial charge in [0.05, 0.1) is 5.75 Å². The standard InChI is InChI=1S/C5H12O3S.H3P/c1-2-3-4-5-9(6,7)8;/h2-5H2,1H3,(H,6,7,8);1H3. The Hall–Kier alpha value is 0.340. The Balaban J connectivity index is 0. The van der Waals surface area contributed by atoms with Crippen LogP contribution in [-0.2, 0) is 10.1 Å². The molecule has 0 radical (unpaired) electrons. The van der Waals surface area contributed by atoms with Crippen LogP contribution >= 0.6 is 9.90 Å². The lowest BCUT2D eigenvalue weighted by molar-refractivity contribution is 0.480. The van der Waals surface area contributed by atoms with Crippen LogP contribution < -0.4 is 0 Å². The highest BCUT2D eigenvalue weighted by molar-refractivity contribution is 7.85. The van der Waals surface area contributed by atoms with E-state index in [2.05, 4.69) is 0 Å². The van der Waals surface area contributed by atoms with Crippen molar-refractivity contribution in [2.75, 3.05) is 5.75 Å². The van der Waals surface area contributed by atoms with Crippen molar-refractivity contribution in [2.24, 2.45) is 0 Å². The van der Waals surface area contributed by atoms with Crippen molar-refractivity contribution in [2.45, 2.75) is 26.2 Å². The molecule has 0 saturated heterocycles. The van der Waals surface area contributed by atoms with E-state index >= 15 is 0 Å². The maximum atomic E-state index is 10.1. The Kier molecular flexibility index (Phi) is 7.88. The van der Waals surface area contributed by atoms with E-state index in [1.807, 2.05) is 6.92 Å². The second-order valence-corrected chi connectivity index (χ2v) is 3.57. The van der Waals surface area contributed by atoms with Crippen LogP contribution in [0.2, 0.25) is 0 Å². The lowest BCUT2D eigenvalue weighted by Gasteiger charge is -1.92. The highest BCUT2D eigenvalue weighted by atomic mass is 32.2. The topological polar surface area (TPSA) is 54.4 Å². The summed E-state index contributed by atoms with van der Waals surface area (Å²) in [5.41, 5.74) is 0. The first kappa shape index (κ1) is 13.0. The second-order valence-electron chi connectivity index (χ2n) is 1.99. The summed E-state index contributed by atoms with van der Waals surface area (Å²) >= 11 is 0. The summed E-state index contributed by atoms with van der Waals surface area (Å²) in [6.45, 7) is 1.98. The molecule has 0 spiro atoms. The van der Waals surface area contributed by atoms with E-state index in [1.54, 1.807) is 0 Å². The number of unbranched alkanes of at least 4 members (excludes halogenated alkanes) is 2. The van der Waals surface area contributed by atoms with E-state index in [0.29, 0.717) is 6.42 Å². The molecule has 1 N–H and O–H groups in total. The van der Waals surface area contributed by atoms with Gasteiger partial charge < -0.3 is 0 Å². The van der Waals surface area contributed by atoms with Crippen LogP contribution in [0.3, 0.4) is 0 Å². The summed E-state index contributed by atoms with van der Waals surface area (Å²) in [6, 6.07) is 0. The van der Waals surface area contributed by atoms with Gasteiger partial charge in [0.15, 0.2) is 0 Å². The van der Waals surface area contributed by atoms with Crippen LogP contribution in [0, 0.1) is 0 Å². The van der Waals surface area contributed by atoms with Gasteiger partial charge >= 0.3 is 0 Å². The molecular formula is C5H15O3PS. The van der Waals surface area contributed by atoms with E-state index in [4.69, 9.17) is 4.55 Å². The number of hydrogen-bond donors (Lipinski definition) is 1. The molecule has 3 nitrogen and oxygen atoms in total. The smallest absolute Gasteiger partial charge is 0.264 e. The van der Waals surface area contributed by atoms with Gasteiger partial charge in [-0.05, 0) is 6.42 Å². The van der Waals surface area contributed by atoms with Crippen molar-refractivity contribution < 1.29 is 13.0 Å². The molecule has 0 aromatic heterocycles. The van der Waals surface area contributed by atoms with Crippen molar-refractivity contribution in [1.29, 1.82) is 0 Å². The fraction of sp³-hybridized carbons (Fsp3) is 1.00. The first-order valence-electron chi connectivity index (χ1n) is 3.01. The predicted molar refractivity (Wildman–Crippen MR) is 47.0 cm³/mol. The Labute approximate surface area is 65.6 Å². The third-order valence-corrected chi connectivity index (χ3v) is 1.81. The molecule has 0 aromatic rings. The molecule has 64 valence electrons. The SMILES string of the molecule is CCCCCS(=O)(=O)O.P. The molecule has 0 saturated carbocycles. The molecule has 0 amide bonds. The van der Waals surface area contributed by atoms with Gasteiger partial charge in [-0.1, -0.05) is 19.8 Å². The normalized spacial score (nSPS) is 10.6. The van der Waals surface area contributed by atoms with Crippen LogP contribution in [0.25, 0.3) is 0 Å². The zero-order valence-electron chi connectivity index (χ0n) is 6.21. The van der Waals surface area contributed by atoms with Crippen LogP contribution in [0.4, 0.5) is 0 Å². The molecule has 5 heteroatoms. The van der Waals surface area contributed by atoms with E-state index < -0.39 is 10.1 Å². The largest absolute Gasteiger partial charge is 0.286 e. The monoisotopic (exact) mass is 186 g/mol. The van der Waals surface area contributed by atoms with Gasteiger partial charge in [-0.15, -0.1) is 0 Å². The first-order chi connectivity index (χ1) is 4.06. The van der Waals surface area contributed by atoms with E-state index in [1.165, 1.54) is 0 Å². The van der Waals surface area contributed by atoms with Gasteiger partial charge in [0.2, 0.25) is 0 Å². The van der Waals surface area contributed by atoms with Gasteiger partial charge in [0.25, 0.3) is 10.1 Å². The average Bonchev–Trinajstić information content (AvgIpc) is 1.63. The Morgan fingerprint density at radius 1 is 1.30 bits per heavy atom. The molecule has 0 aliphatic rings. The lowest BCUT2D eigenvalue weighted by atomic mass is 10.3. The van der Waals surface area contributed by atoms with Gasteiger partial charge in [0.1, 0.15) is 0 Å². The zero-order valence-corrected chi connectivity index (χ0v) is 8.44. The Morgan fingerprint density at radius 3 is 2.10 bits per heavy atom. The van der Waals surface area contributed by atoms with Crippen LogP contribution in [-0.4, -0.2) is 18.7 Å². The summed E-state index contributed by atoms with van der Waals surface area (Å²) in [4.78, 5) is 0. The van der Waals surface area contributed by atoms with Crippen molar-refractivity contribution in [1.82, 2.24) is 0 Å². The lowest BCUT2D eigenvalue weighted by Crippen LogP contribution is -2.02. The highest BCUT2D eigenvalue weighted by Gasteiger charge is 2.01. The molecule has 0 rings (SSSR count). The minimum absolute atomic E-state index is 0. The van der Waals surface area contributed by atoms with Gasteiger partial charge in [-0.3, -0.25) is 4.55 Å². The van der Waals surface area contributed by atoms with E-state index in [-0.39, 0.29) is 15.7 Å². The molecule has 0 bridgehead atoms. The number of rotatable bonds is 4. The van der Waals surface area contributed by atoms with Crippen molar-refractivity contribution in [3.05, 3.63) is 0 Å². The van der Waals surface area contributed by atoms with Crippen molar-refractivity contribution >= 4 is 20.0 Å². The Morgan fingerprint density at radius 2 is 1.80 bits per heavy atom. The predicted octanol–water partition coefficient (Wildman–Crippen LogP) is 1.12. The highest BCUT2D eigenvalue weighted by Crippen LogP contribution is 1.96. The maximum Gasteiger partial charge on any atom is 0.264 e. The molecule has 0 aromatic carbocycles. The first-order valence-corrected chi connectivity index (χ1v) is 4.62. The van der Waals surface area contributed by atoms with Gasteiger partial charge in [-0.25, -0.2) is 0 Å². The average molecular weight is 186 g/mol. The summed E-state index contributed by atoms with van der Waals surface area (Å²) < 4.78 is 28.3. The molecule has 0 aliphatic heterocycles. The minimum Gasteiger partial charge on any atom is -0.286 e. The van der Waals surface area contributed by atoms with Gasteiger partial charge in [0, 0.05) is 0 Å². The zero-order chi connectivity index (χ0) is 7.33. The second kappa shape index (κ2) is 6.08. The summed E-state index contributed by atoms with van der Waals surface area (Å²) in [5, 5.41) is 0. The molecule has 10 heavy (non-hydrogen) atoms. The van der Waals surface area contributed by atoms with Crippen LogP contribution in [0.15, 0.2) is 0 Å². The van der Waals surface area contributed by atoms with Crippen LogP contribution in [0.1, 0.15) is 26.2 Å². The van der Waals surface area contributed by atoms with Crippen molar-refractivity contribution in [3.8, 4) is 0 Å². The summed E-state index contributed by atoms with van der Waals surface area (Å²) in [7, 11) is -3.70. The van der Waals surface area contributed by atoms with Gasteiger partial charge in [-0.2, -0.15) is 18.3 Å². The molecule has 0 heterocycles. The molecule has 0 aliphatic carbocycles. The molecule has 1 unspecified atom stereocenters. The van der Waals surface area contributed by atoms with E-state index in [0.717, 1.165) is 12.8 Å². The van der Waals surface area contributed by atoms with E-state index in [9.17, 15) is 8.42 Å². The fourth-order valence-electron chi connectivity index (χ4n) is 0.534. The number of hydrogen-bond acceptors (Lipinski definition) is 2. The maximum absolute atomic E-state index is 10.1. The Bertz CT molecular complexity index is 152. The molecule has 1 atom stereocenters. The quantitative estimate of drug-likeness (QED) is 0.406. The molecular weight excluding hydrogens is 171 g/mol. The van der Waals surface area contributed by atoms with Crippen molar-refractivity contribution in [3.63, 3.8) is 0 Å².